The van der Waals surface area contributed by atoms with Crippen LogP contribution in [0.15, 0.2) is 28.7 Å². The number of hydrogen-bond donors (Lipinski definition) is 1. The Kier molecular flexibility index (Phi) is 5.31. The predicted octanol–water partition coefficient (Wildman–Crippen LogP) is 2.33. The van der Waals surface area contributed by atoms with E-state index in [1.165, 1.54) is 0 Å². The first kappa shape index (κ1) is 14.4. The SMILES string of the molecule is CC(O)CN(C)C(C)C(=O)c1ccc(Br)cc1. The Morgan fingerprint density at radius 2 is 1.88 bits per heavy atom. The lowest BCUT2D eigenvalue weighted by Gasteiger charge is -2.24. The molecule has 0 aliphatic rings. The van der Waals surface area contributed by atoms with E-state index in [9.17, 15) is 9.90 Å². The first-order valence-corrected chi connectivity index (χ1v) is 6.39. The van der Waals surface area contributed by atoms with Crippen molar-refractivity contribution in [1.29, 1.82) is 0 Å². The number of rotatable bonds is 5. The van der Waals surface area contributed by atoms with Gasteiger partial charge in [-0.05, 0) is 33.0 Å². The van der Waals surface area contributed by atoms with Gasteiger partial charge in [0, 0.05) is 16.6 Å². The molecule has 1 aromatic rings. The van der Waals surface area contributed by atoms with Gasteiger partial charge >= 0.3 is 0 Å². The molecule has 2 unspecified atom stereocenters. The summed E-state index contributed by atoms with van der Waals surface area (Å²) in [4.78, 5) is 14.0. The molecule has 1 rings (SSSR count). The Labute approximate surface area is 111 Å². The minimum atomic E-state index is -0.430. The Bertz CT molecular complexity index is 376. The minimum absolute atomic E-state index is 0.0700. The summed E-state index contributed by atoms with van der Waals surface area (Å²) in [5.74, 6) is 0.0700. The number of carbonyl (C=O) groups excluding carboxylic acids is 1. The zero-order valence-electron chi connectivity index (χ0n) is 10.4. The molecular weight excluding hydrogens is 282 g/mol. The van der Waals surface area contributed by atoms with Gasteiger partial charge in [0.15, 0.2) is 5.78 Å². The zero-order valence-corrected chi connectivity index (χ0v) is 11.9. The second-order valence-electron chi connectivity index (χ2n) is 4.34. The Morgan fingerprint density at radius 3 is 2.35 bits per heavy atom. The number of likely N-dealkylation sites (N-methyl/N-ethyl adjacent to an activating group) is 1. The van der Waals surface area contributed by atoms with Crippen molar-refractivity contribution in [3.05, 3.63) is 34.3 Å². The van der Waals surface area contributed by atoms with Crippen LogP contribution < -0.4 is 0 Å². The third-order valence-electron chi connectivity index (χ3n) is 2.72. The maximum absolute atomic E-state index is 12.1. The van der Waals surface area contributed by atoms with Crippen LogP contribution in [0, 0.1) is 0 Å². The normalized spacial score (nSPS) is 14.7. The molecule has 0 fully saturated rings. The summed E-state index contributed by atoms with van der Waals surface area (Å²) in [5, 5.41) is 9.30. The Balaban J connectivity index is 2.72. The summed E-state index contributed by atoms with van der Waals surface area (Å²) in [6.45, 7) is 4.06. The highest BCUT2D eigenvalue weighted by atomic mass is 79.9. The van der Waals surface area contributed by atoms with Crippen LogP contribution in [0.1, 0.15) is 24.2 Å². The van der Waals surface area contributed by atoms with Crippen molar-refractivity contribution in [1.82, 2.24) is 4.90 Å². The fourth-order valence-corrected chi connectivity index (χ4v) is 1.89. The molecule has 2 atom stereocenters. The van der Waals surface area contributed by atoms with Crippen LogP contribution in [0.2, 0.25) is 0 Å². The van der Waals surface area contributed by atoms with Crippen molar-refractivity contribution >= 4 is 21.7 Å². The number of benzene rings is 1. The number of ketones is 1. The zero-order chi connectivity index (χ0) is 13.0. The topological polar surface area (TPSA) is 40.5 Å². The summed E-state index contributed by atoms with van der Waals surface area (Å²) < 4.78 is 0.957. The van der Waals surface area contributed by atoms with Crippen LogP contribution in [0.5, 0.6) is 0 Å². The first-order valence-electron chi connectivity index (χ1n) is 5.60. The first-order chi connectivity index (χ1) is 7.91. The van der Waals surface area contributed by atoms with Crippen molar-refractivity contribution < 1.29 is 9.90 Å². The van der Waals surface area contributed by atoms with Crippen molar-refractivity contribution in [3.63, 3.8) is 0 Å². The van der Waals surface area contributed by atoms with E-state index in [0.717, 1.165) is 4.47 Å². The van der Waals surface area contributed by atoms with Crippen molar-refractivity contribution in [2.75, 3.05) is 13.6 Å². The number of aliphatic hydroxyl groups excluding tert-OH is 1. The van der Waals surface area contributed by atoms with E-state index < -0.39 is 6.10 Å². The summed E-state index contributed by atoms with van der Waals surface area (Å²) in [6, 6.07) is 7.09. The highest BCUT2D eigenvalue weighted by Crippen LogP contribution is 2.13. The maximum atomic E-state index is 12.1. The van der Waals surface area contributed by atoms with Crippen molar-refractivity contribution in [2.24, 2.45) is 0 Å². The quantitative estimate of drug-likeness (QED) is 0.849. The van der Waals surface area contributed by atoms with Gasteiger partial charge in [-0.2, -0.15) is 0 Å². The number of halogens is 1. The third-order valence-corrected chi connectivity index (χ3v) is 3.25. The molecule has 0 radical (unpaired) electrons. The van der Waals surface area contributed by atoms with Crippen LogP contribution in [0.25, 0.3) is 0 Å². The highest BCUT2D eigenvalue weighted by molar-refractivity contribution is 9.10. The molecule has 0 aromatic heterocycles. The second-order valence-corrected chi connectivity index (χ2v) is 5.25. The largest absolute Gasteiger partial charge is 0.392 e. The van der Waals surface area contributed by atoms with Crippen LogP contribution in [-0.2, 0) is 0 Å². The van der Waals surface area contributed by atoms with Gasteiger partial charge in [0.25, 0.3) is 0 Å². The Hall–Kier alpha value is -0.710. The van der Waals surface area contributed by atoms with Crippen molar-refractivity contribution in [2.45, 2.75) is 26.0 Å². The van der Waals surface area contributed by atoms with E-state index in [-0.39, 0.29) is 11.8 Å². The molecule has 0 amide bonds. The molecule has 4 heteroatoms. The van der Waals surface area contributed by atoms with E-state index >= 15 is 0 Å². The van der Waals surface area contributed by atoms with E-state index in [2.05, 4.69) is 15.9 Å². The smallest absolute Gasteiger partial charge is 0.179 e. The van der Waals surface area contributed by atoms with Gasteiger partial charge < -0.3 is 5.11 Å². The summed E-state index contributed by atoms with van der Waals surface area (Å²) in [6.07, 6.45) is -0.430. The number of Topliss-reactive ketones (excluding diaryl/α,β-unsaturated/α-hetero) is 1. The second kappa shape index (κ2) is 6.28. The molecule has 0 aliphatic heterocycles. The predicted molar refractivity (Wildman–Crippen MR) is 72.2 cm³/mol. The molecule has 0 saturated carbocycles. The van der Waals surface area contributed by atoms with E-state index in [1.807, 2.05) is 31.0 Å². The van der Waals surface area contributed by atoms with Gasteiger partial charge in [-0.15, -0.1) is 0 Å². The summed E-state index contributed by atoms with van der Waals surface area (Å²) >= 11 is 3.34. The lowest BCUT2D eigenvalue weighted by Crippen LogP contribution is -2.39. The average Bonchev–Trinajstić information content (AvgIpc) is 2.27. The molecule has 17 heavy (non-hydrogen) atoms. The number of hydrogen-bond acceptors (Lipinski definition) is 3. The fourth-order valence-electron chi connectivity index (χ4n) is 1.63. The van der Waals surface area contributed by atoms with E-state index in [0.29, 0.717) is 12.1 Å². The fraction of sp³-hybridized carbons (Fsp3) is 0.462. The van der Waals surface area contributed by atoms with E-state index in [4.69, 9.17) is 0 Å². The monoisotopic (exact) mass is 299 g/mol. The standard InChI is InChI=1S/C13H18BrNO2/c1-9(16)8-15(3)10(2)13(17)11-4-6-12(14)7-5-11/h4-7,9-10,16H,8H2,1-3H3. The van der Waals surface area contributed by atoms with Crippen LogP contribution in [0.3, 0.4) is 0 Å². The molecule has 1 aromatic carbocycles. The van der Waals surface area contributed by atoms with E-state index in [1.54, 1.807) is 19.1 Å². The van der Waals surface area contributed by atoms with Gasteiger partial charge in [-0.1, -0.05) is 28.1 Å². The molecular formula is C13H18BrNO2. The van der Waals surface area contributed by atoms with Gasteiger partial charge in [-0.3, -0.25) is 9.69 Å². The number of aliphatic hydroxyl groups is 1. The van der Waals surface area contributed by atoms with Gasteiger partial charge in [0.05, 0.1) is 12.1 Å². The van der Waals surface area contributed by atoms with Gasteiger partial charge in [-0.25, -0.2) is 0 Å². The van der Waals surface area contributed by atoms with Crippen molar-refractivity contribution in [3.8, 4) is 0 Å². The lowest BCUT2D eigenvalue weighted by atomic mass is 10.0. The Morgan fingerprint density at radius 1 is 1.35 bits per heavy atom. The van der Waals surface area contributed by atoms with Gasteiger partial charge in [0.2, 0.25) is 0 Å². The van der Waals surface area contributed by atoms with Gasteiger partial charge in [0.1, 0.15) is 0 Å². The minimum Gasteiger partial charge on any atom is -0.392 e. The molecule has 0 aliphatic carbocycles. The molecule has 1 N–H and O–H groups in total. The molecule has 94 valence electrons. The maximum Gasteiger partial charge on any atom is 0.179 e. The molecule has 0 spiro atoms. The highest BCUT2D eigenvalue weighted by Gasteiger charge is 2.20. The lowest BCUT2D eigenvalue weighted by molar-refractivity contribution is 0.0788. The average molecular weight is 300 g/mol. The molecule has 0 bridgehead atoms. The number of nitrogens with zero attached hydrogens (tertiary/aromatic N) is 1. The summed E-state index contributed by atoms with van der Waals surface area (Å²) in [7, 11) is 1.84. The number of carbonyl (C=O) groups is 1. The molecule has 0 heterocycles. The third kappa shape index (κ3) is 4.22. The van der Waals surface area contributed by atoms with Crippen LogP contribution >= 0.6 is 15.9 Å². The van der Waals surface area contributed by atoms with Crippen LogP contribution in [-0.4, -0.2) is 41.5 Å². The molecule has 0 saturated heterocycles. The van der Waals surface area contributed by atoms with Crippen LogP contribution in [0.4, 0.5) is 0 Å². The summed E-state index contributed by atoms with van der Waals surface area (Å²) in [5.41, 5.74) is 0.693. The molecule has 3 nitrogen and oxygen atoms in total.